The fourth-order valence-corrected chi connectivity index (χ4v) is 4.97. The Labute approximate surface area is 160 Å². The number of aryl methyl sites for hydroxylation is 2. The number of thiophene rings is 1. The maximum Gasteiger partial charge on any atom is 0.263 e. The summed E-state index contributed by atoms with van der Waals surface area (Å²) in [6.45, 7) is 8.10. The van der Waals surface area contributed by atoms with E-state index in [4.69, 9.17) is 0 Å². The van der Waals surface area contributed by atoms with E-state index < -0.39 is 5.54 Å². The van der Waals surface area contributed by atoms with E-state index >= 15 is 0 Å². The zero-order valence-corrected chi connectivity index (χ0v) is 17.0. The molecule has 1 atom stereocenters. The second kappa shape index (κ2) is 7.05. The lowest BCUT2D eigenvalue weighted by Gasteiger charge is -2.22. The van der Waals surface area contributed by atoms with E-state index in [0.717, 1.165) is 28.1 Å². The number of carbonyl (C=O) groups excluding carboxylic acids is 1. The first kappa shape index (κ1) is 18.9. The minimum atomic E-state index is -0.804. The number of aromatic nitrogens is 2. The molecule has 2 aromatic heterocycles. The van der Waals surface area contributed by atoms with Crippen molar-refractivity contribution in [2.45, 2.75) is 57.8 Å². The highest BCUT2D eigenvalue weighted by Gasteiger charge is 2.42. The number of hydrogen-bond acceptors (Lipinski definition) is 6. The van der Waals surface area contributed by atoms with Crippen LogP contribution < -0.4 is 10.9 Å². The summed E-state index contributed by atoms with van der Waals surface area (Å²) in [5.41, 5.74) is 0.122. The molecule has 0 aromatic carbocycles. The first-order valence-electron chi connectivity index (χ1n) is 8.66. The fourth-order valence-electron chi connectivity index (χ4n) is 3.04. The third-order valence-corrected chi connectivity index (χ3v) is 7.01. The van der Waals surface area contributed by atoms with Crippen LogP contribution in [0.3, 0.4) is 0 Å². The predicted octanol–water partition coefficient (Wildman–Crippen LogP) is 3.00. The lowest BCUT2D eigenvalue weighted by molar-refractivity contribution is -0.119. The van der Waals surface area contributed by atoms with E-state index in [-0.39, 0.29) is 23.1 Å². The Bertz CT molecular complexity index is 968. The first-order chi connectivity index (χ1) is 12.3. The number of fused-ring (bicyclic) bond motifs is 1. The van der Waals surface area contributed by atoms with Crippen molar-refractivity contribution in [2.75, 3.05) is 5.75 Å². The summed E-state index contributed by atoms with van der Waals surface area (Å²) in [4.78, 5) is 31.6. The summed E-state index contributed by atoms with van der Waals surface area (Å²) in [5, 5.41) is 13.4. The van der Waals surface area contributed by atoms with Gasteiger partial charge in [0.25, 0.3) is 5.56 Å². The van der Waals surface area contributed by atoms with Crippen LogP contribution in [-0.4, -0.2) is 26.8 Å². The standard InChI is InChI=1S/C18H22N4O2S2/c1-5-22-16(24)14-10(2)11(3)26-15(14)20-17(22)25-8-13(23)21-18(4,9-19)12-6-7-12/h12H,5-8H2,1-4H3,(H,21,23)/t18-/m0/s1. The molecule has 1 amide bonds. The van der Waals surface area contributed by atoms with E-state index in [0.29, 0.717) is 17.1 Å². The molecule has 1 saturated carbocycles. The zero-order valence-electron chi connectivity index (χ0n) is 15.4. The first-order valence-corrected chi connectivity index (χ1v) is 10.5. The van der Waals surface area contributed by atoms with Gasteiger partial charge >= 0.3 is 0 Å². The number of rotatable bonds is 6. The second-order valence-corrected chi connectivity index (χ2v) is 8.98. The van der Waals surface area contributed by atoms with Gasteiger partial charge in [-0.2, -0.15) is 5.26 Å². The molecule has 138 valence electrons. The van der Waals surface area contributed by atoms with Crippen LogP contribution in [0.1, 0.15) is 37.1 Å². The van der Waals surface area contributed by atoms with Crippen molar-refractivity contribution in [3.63, 3.8) is 0 Å². The molecule has 0 bridgehead atoms. The van der Waals surface area contributed by atoms with Crippen LogP contribution >= 0.6 is 23.1 Å². The molecule has 0 saturated heterocycles. The molecule has 6 nitrogen and oxygen atoms in total. The molecule has 0 spiro atoms. The van der Waals surface area contributed by atoms with E-state index in [2.05, 4.69) is 16.4 Å². The van der Waals surface area contributed by atoms with Gasteiger partial charge in [-0.3, -0.25) is 14.2 Å². The lowest BCUT2D eigenvalue weighted by Crippen LogP contribution is -2.47. The Morgan fingerprint density at radius 1 is 1.50 bits per heavy atom. The van der Waals surface area contributed by atoms with Crippen molar-refractivity contribution in [1.29, 1.82) is 5.26 Å². The highest BCUT2D eigenvalue weighted by molar-refractivity contribution is 7.99. The summed E-state index contributed by atoms with van der Waals surface area (Å²) in [5.74, 6) is 0.161. The molecule has 1 aliphatic rings. The Kier molecular flexibility index (Phi) is 5.13. The Balaban J connectivity index is 1.81. The topological polar surface area (TPSA) is 87.8 Å². The van der Waals surface area contributed by atoms with Crippen LogP contribution in [0.5, 0.6) is 0 Å². The Morgan fingerprint density at radius 3 is 2.77 bits per heavy atom. The Hall–Kier alpha value is -1.85. The summed E-state index contributed by atoms with van der Waals surface area (Å²) in [7, 11) is 0. The van der Waals surface area contributed by atoms with Crippen LogP contribution in [0.15, 0.2) is 9.95 Å². The minimum absolute atomic E-state index is 0.0536. The van der Waals surface area contributed by atoms with Crippen LogP contribution in [-0.2, 0) is 11.3 Å². The smallest absolute Gasteiger partial charge is 0.263 e. The van der Waals surface area contributed by atoms with Gasteiger partial charge in [0.05, 0.1) is 17.2 Å². The number of carbonyl (C=O) groups is 1. The number of nitrogens with one attached hydrogen (secondary N) is 1. The monoisotopic (exact) mass is 390 g/mol. The molecule has 26 heavy (non-hydrogen) atoms. The SMILES string of the molecule is CCn1c(SCC(=O)N[C@@](C)(C#N)C2CC2)nc2sc(C)c(C)c2c1=O. The molecule has 3 rings (SSSR count). The summed E-state index contributed by atoms with van der Waals surface area (Å²) >= 11 is 2.75. The minimum Gasteiger partial charge on any atom is -0.337 e. The van der Waals surface area contributed by atoms with Gasteiger partial charge in [-0.25, -0.2) is 4.98 Å². The molecule has 1 fully saturated rings. The Morgan fingerprint density at radius 2 is 2.19 bits per heavy atom. The van der Waals surface area contributed by atoms with E-state index in [9.17, 15) is 14.9 Å². The molecule has 0 unspecified atom stereocenters. The molecule has 1 N–H and O–H groups in total. The average molecular weight is 391 g/mol. The number of nitriles is 1. The summed E-state index contributed by atoms with van der Waals surface area (Å²) in [6.07, 6.45) is 1.95. The highest BCUT2D eigenvalue weighted by Crippen LogP contribution is 2.39. The van der Waals surface area contributed by atoms with Gasteiger partial charge in [-0.15, -0.1) is 11.3 Å². The van der Waals surface area contributed by atoms with Crippen LogP contribution in [0.25, 0.3) is 10.2 Å². The molecule has 1 aliphatic carbocycles. The molecule has 0 aliphatic heterocycles. The molecule has 2 aromatic rings. The number of hydrogen-bond donors (Lipinski definition) is 1. The molecule has 8 heteroatoms. The fraction of sp³-hybridized carbons (Fsp3) is 0.556. The highest BCUT2D eigenvalue weighted by atomic mass is 32.2. The molecular weight excluding hydrogens is 368 g/mol. The maximum atomic E-state index is 12.8. The van der Waals surface area contributed by atoms with Crippen molar-refractivity contribution in [2.24, 2.45) is 5.92 Å². The largest absolute Gasteiger partial charge is 0.337 e. The van der Waals surface area contributed by atoms with Crippen molar-refractivity contribution in [1.82, 2.24) is 14.9 Å². The van der Waals surface area contributed by atoms with E-state index in [1.165, 1.54) is 23.1 Å². The van der Waals surface area contributed by atoms with Gasteiger partial charge in [-0.1, -0.05) is 11.8 Å². The zero-order chi connectivity index (χ0) is 19.1. The maximum absolute atomic E-state index is 12.8. The van der Waals surface area contributed by atoms with Crippen molar-refractivity contribution < 1.29 is 4.79 Å². The van der Waals surface area contributed by atoms with Gasteiger partial charge in [0.15, 0.2) is 5.16 Å². The average Bonchev–Trinajstić information content (AvgIpc) is 3.41. The van der Waals surface area contributed by atoms with Crippen molar-refractivity contribution in [3.05, 3.63) is 20.8 Å². The third-order valence-electron chi connectivity index (χ3n) is 4.93. The van der Waals surface area contributed by atoms with Crippen molar-refractivity contribution >= 4 is 39.2 Å². The van der Waals surface area contributed by atoms with E-state index in [1.807, 2.05) is 20.8 Å². The molecule has 0 radical (unpaired) electrons. The molecule has 2 heterocycles. The summed E-state index contributed by atoms with van der Waals surface area (Å²) in [6, 6.07) is 2.22. The normalized spacial score (nSPS) is 16.3. The van der Waals surface area contributed by atoms with Crippen molar-refractivity contribution in [3.8, 4) is 6.07 Å². The number of thioether (sulfide) groups is 1. The van der Waals surface area contributed by atoms with E-state index in [1.54, 1.807) is 11.5 Å². The van der Waals surface area contributed by atoms with Crippen LogP contribution in [0.4, 0.5) is 0 Å². The van der Waals surface area contributed by atoms with Crippen LogP contribution in [0, 0.1) is 31.1 Å². The third kappa shape index (κ3) is 3.38. The second-order valence-electron chi connectivity index (χ2n) is 6.83. The van der Waals surface area contributed by atoms with Gasteiger partial charge in [0.2, 0.25) is 5.91 Å². The van der Waals surface area contributed by atoms with Gasteiger partial charge in [0, 0.05) is 11.4 Å². The quantitative estimate of drug-likeness (QED) is 0.605. The molecular formula is C18H22N4O2S2. The van der Waals surface area contributed by atoms with Gasteiger partial charge < -0.3 is 5.32 Å². The summed E-state index contributed by atoms with van der Waals surface area (Å²) < 4.78 is 1.61. The predicted molar refractivity (Wildman–Crippen MR) is 105 cm³/mol. The van der Waals surface area contributed by atoms with Crippen LogP contribution in [0.2, 0.25) is 0 Å². The lowest BCUT2D eigenvalue weighted by atomic mass is 9.98. The number of nitrogens with zero attached hydrogens (tertiary/aromatic N) is 3. The van der Waals surface area contributed by atoms with Gasteiger partial charge in [-0.05, 0) is 52.0 Å². The number of amides is 1. The van der Waals surface area contributed by atoms with Gasteiger partial charge in [0.1, 0.15) is 10.4 Å².